The Bertz CT molecular complexity index is 289. The van der Waals surface area contributed by atoms with Gasteiger partial charge in [0.2, 0.25) is 0 Å². The van der Waals surface area contributed by atoms with Crippen molar-refractivity contribution in [3.8, 4) is 0 Å². The van der Waals surface area contributed by atoms with Crippen molar-refractivity contribution in [2.45, 2.75) is 38.1 Å². The van der Waals surface area contributed by atoms with Crippen LogP contribution in [0.15, 0.2) is 35.3 Å². The molecule has 1 heteroatoms. The normalized spacial score (nSPS) is 22.7. The van der Waals surface area contributed by atoms with E-state index in [2.05, 4.69) is 41.5 Å². The van der Waals surface area contributed by atoms with Crippen LogP contribution in [0, 0.1) is 0 Å². The number of hydrogen-bond donors (Lipinski definition) is 0. The van der Waals surface area contributed by atoms with Crippen LogP contribution >= 0.6 is 0 Å². The van der Waals surface area contributed by atoms with Gasteiger partial charge in [0.05, 0.1) is 6.04 Å². The molecular weight excluding hydrogens is 170 g/mol. The van der Waals surface area contributed by atoms with E-state index in [9.17, 15) is 0 Å². The van der Waals surface area contributed by atoms with Crippen LogP contribution in [0.25, 0.3) is 0 Å². The first-order valence-electron chi connectivity index (χ1n) is 5.53. The van der Waals surface area contributed by atoms with E-state index in [0.717, 1.165) is 6.42 Å². The Morgan fingerprint density at radius 1 is 1.00 bits per heavy atom. The number of hydrogen-bond acceptors (Lipinski definition) is 1. The number of aliphatic imine (C=N–C) groups is 1. The standard InChI is InChI=1S/C13H17N/c1-2-7-11-14-13(10-6-1)12-8-4-3-5-9-12/h3-5,8-9,11,13H,1-2,6-7,10H2. The highest BCUT2D eigenvalue weighted by atomic mass is 14.8. The van der Waals surface area contributed by atoms with Crippen LogP contribution in [0.2, 0.25) is 0 Å². The second-order valence-corrected chi connectivity index (χ2v) is 3.90. The van der Waals surface area contributed by atoms with Gasteiger partial charge in [-0.1, -0.05) is 43.2 Å². The molecule has 0 saturated heterocycles. The van der Waals surface area contributed by atoms with Gasteiger partial charge in [0, 0.05) is 0 Å². The lowest BCUT2D eigenvalue weighted by molar-refractivity contribution is 0.564. The van der Waals surface area contributed by atoms with E-state index in [1.54, 1.807) is 0 Å². The fraction of sp³-hybridized carbons (Fsp3) is 0.462. The van der Waals surface area contributed by atoms with Gasteiger partial charge < -0.3 is 0 Å². The van der Waals surface area contributed by atoms with E-state index in [0.29, 0.717) is 6.04 Å². The van der Waals surface area contributed by atoms with Crippen molar-refractivity contribution < 1.29 is 0 Å². The molecular formula is C13H17N. The van der Waals surface area contributed by atoms with Gasteiger partial charge in [0.1, 0.15) is 0 Å². The largest absolute Gasteiger partial charge is 0.289 e. The quantitative estimate of drug-likeness (QED) is 0.634. The van der Waals surface area contributed by atoms with Crippen molar-refractivity contribution in [3.05, 3.63) is 35.9 Å². The molecule has 1 aliphatic heterocycles. The Kier molecular flexibility index (Phi) is 3.33. The summed E-state index contributed by atoms with van der Waals surface area (Å²) < 4.78 is 0. The number of nitrogens with zero attached hydrogens (tertiary/aromatic N) is 1. The van der Waals surface area contributed by atoms with Crippen molar-refractivity contribution in [2.24, 2.45) is 4.99 Å². The van der Waals surface area contributed by atoms with Gasteiger partial charge in [-0.05, 0) is 31.0 Å². The minimum Gasteiger partial charge on any atom is -0.289 e. The van der Waals surface area contributed by atoms with Gasteiger partial charge in [0.15, 0.2) is 0 Å². The Balaban J connectivity index is 2.12. The molecule has 1 unspecified atom stereocenters. The van der Waals surface area contributed by atoms with Crippen molar-refractivity contribution in [1.29, 1.82) is 0 Å². The molecule has 1 aromatic carbocycles. The van der Waals surface area contributed by atoms with Crippen molar-refractivity contribution >= 4 is 6.21 Å². The van der Waals surface area contributed by atoms with Crippen LogP contribution in [0.1, 0.15) is 43.7 Å². The molecule has 1 aliphatic rings. The minimum absolute atomic E-state index is 0.413. The summed E-state index contributed by atoms with van der Waals surface area (Å²) in [5, 5.41) is 0. The third-order valence-corrected chi connectivity index (χ3v) is 2.78. The van der Waals surface area contributed by atoms with Gasteiger partial charge >= 0.3 is 0 Å². The third kappa shape index (κ3) is 2.44. The van der Waals surface area contributed by atoms with Gasteiger partial charge in [0.25, 0.3) is 0 Å². The first kappa shape index (κ1) is 9.45. The molecule has 2 rings (SSSR count). The minimum atomic E-state index is 0.413. The van der Waals surface area contributed by atoms with Gasteiger partial charge in [-0.15, -0.1) is 0 Å². The fourth-order valence-corrected chi connectivity index (χ4v) is 1.95. The van der Waals surface area contributed by atoms with Crippen molar-refractivity contribution in [2.75, 3.05) is 0 Å². The molecule has 1 aromatic rings. The van der Waals surface area contributed by atoms with Gasteiger partial charge in [-0.3, -0.25) is 4.99 Å². The molecule has 0 spiro atoms. The Labute approximate surface area is 85.9 Å². The molecule has 0 aromatic heterocycles. The summed E-state index contributed by atoms with van der Waals surface area (Å²) in [4.78, 5) is 4.63. The van der Waals surface area contributed by atoms with E-state index in [1.165, 1.54) is 31.2 Å². The summed E-state index contributed by atoms with van der Waals surface area (Å²) >= 11 is 0. The highest BCUT2D eigenvalue weighted by molar-refractivity contribution is 5.57. The molecule has 0 saturated carbocycles. The molecule has 1 nitrogen and oxygen atoms in total. The predicted molar refractivity (Wildman–Crippen MR) is 60.8 cm³/mol. The zero-order valence-corrected chi connectivity index (χ0v) is 8.52. The van der Waals surface area contributed by atoms with Gasteiger partial charge in [-0.2, -0.15) is 0 Å². The number of rotatable bonds is 1. The lowest BCUT2D eigenvalue weighted by atomic mass is 9.99. The maximum absolute atomic E-state index is 4.63. The molecule has 1 atom stereocenters. The maximum atomic E-state index is 4.63. The van der Waals surface area contributed by atoms with E-state index in [4.69, 9.17) is 0 Å². The summed E-state index contributed by atoms with van der Waals surface area (Å²) in [6.45, 7) is 0. The highest BCUT2D eigenvalue weighted by Gasteiger charge is 2.09. The summed E-state index contributed by atoms with van der Waals surface area (Å²) in [5.74, 6) is 0. The van der Waals surface area contributed by atoms with E-state index >= 15 is 0 Å². The van der Waals surface area contributed by atoms with Crippen LogP contribution in [0.3, 0.4) is 0 Å². The SMILES string of the molecule is C1=NC(c2ccccc2)CCCCC1. The first-order chi connectivity index (χ1) is 6.97. The molecule has 74 valence electrons. The van der Waals surface area contributed by atoms with Crippen molar-refractivity contribution in [1.82, 2.24) is 0 Å². The molecule has 0 bridgehead atoms. The molecule has 14 heavy (non-hydrogen) atoms. The molecule has 0 fully saturated rings. The van der Waals surface area contributed by atoms with Crippen molar-refractivity contribution in [3.63, 3.8) is 0 Å². The number of benzene rings is 1. The Morgan fingerprint density at radius 3 is 2.71 bits per heavy atom. The maximum Gasteiger partial charge on any atom is 0.0745 e. The van der Waals surface area contributed by atoms with E-state index in [-0.39, 0.29) is 0 Å². The summed E-state index contributed by atoms with van der Waals surface area (Å²) in [7, 11) is 0. The van der Waals surface area contributed by atoms with Crippen LogP contribution in [-0.4, -0.2) is 6.21 Å². The summed E-state index contributed by atoms with van der Waals surface area (Å²) in [5.41, 5.74) is 1.37. The topological polar surface area (TPSA) is 12.4 Å². The average Bonchev–Trinajstić information content (AvgIpc) is 2.18. The van der Waals surface area contributed by atoms with Gasteiger partial charge in [-0.25, -0.2) is 0 Å². The van der Waals surface area contributed by atoms with Crippen LogP contribution in [0.4, 0.5) is 0 Å². The summed E-state index contributed by atoms with van der Waals surface area (Å²) in [6.07, 6.45) is 8.46. The van der Waals surface area contributed by atoms with Crippen LogP contribution < -0.4 is 0 Å². The lowest BCUT2D eigenvalue weighted by Crippen LogP contribution is -1.99. The Hall–Kier alpha value is -1.11. The smallest absolute Gasteiger partial charge is 0.0745 e. The van der Waals surface area contributed by atoms with E-state index < -0.39 is 0 Å². The second-order valence-electron chi connectivity index (χ2n) is 3.90. The predicted octanol–water partition coefficient (Wildman–Crippen LogP) is 3.76. The third-order valence-electron chi connectivity index (χ3n) is 2.78. The second kappa shape index (κ2) is 4.94. The van der Waals surface area contributed by atoms with Crippen LogP contribution in [0.5, 0.6) is 0 Å². The molecule has 0 N–H and O–H groups in total. The summed E-state index contributed by atoms with van der Waals surface area (Å²) in [6, 6.07) is 11.0. The zero-order chi connectivity index (χ0) is 9.64. The van der Waals surface area contributed by atoms with Crippen LogP contribution in [-0.2, 0) is 0 Å². The van der Waals surface area contributed by atoms with E-state index in [1.807, 2.05) is 0 Å². The highest BCUT2D eigenvalue weighted by Crippen LogP contribution is 2.25. The lowest BCUT2D eigenvalue weighted by Gasteiger charge is -2.14. The molecule has 0 aliphatic carbocycles. The Morgan fingerprint density at radius 2 is 1.86 bits per heavy atom. The molecule has 0 radical (unpaired) electrons. The monoisotopic (exact) mass is 187 g/mol. The molecule has 0 amide bonds. The average molecular weight is 187 g/mol. The fourth-order valence-electron chi connectivity index (χ4n) is 1.95. The molecule has 1 heterocycles. The zero-order valence-electron chi connectivity index (χ0n) is 8.52. The first-order valence-corrected chi connectivity index (χ1v) is 5.53.